The molecule has 0 atom stereocenters. The van der Waals surface area contributed by atoms with E-state index in [0.717, 1.165) is 43.0 Å². The first kappa shape index (κ1) is 21.1. The van der Waals surface area contributed by atoms with E-state index in [1.807, 2.05) is 31.3 Å². The number of piperidine rings is 1. The van der Waals surface area contributed by atoms with E-state index in [-0.39, 0.29) is 5.82 Å². The van der Waals surface area contributed by atoms with Crippen LogP contribution in [0.15, 0.2) is 48.2 Å². The second-order valence-electron chi connectivity index (χ2n) is 8.21. The van der Waals surface area contributed by atoms with Gasteiger partial charge in [-0.1, -0.05) is 6.58 Å². The Morgan fingerprint density at radius 3 is 2.79 bits per heavy atom. The van der Waals surface area contributed by atoms with E-state index < -0.39 is 0 Å². The van der Waals surface area contributed by atoms with Crippen molar-refractivity contribution in [2.24, 2.45) is 4.99 Å². The van der Waals surface area contributed by atoms with Crippen molar-refractivity contribution in [2.45, 2.75) is 25.7 Å². The Morgan fingerprint density at radius 2 is 2.03 bits per heavy atom. The van der Waals surface area contributed by atoms with Gasteiger partial charge in [0.2, 0.25) is 0 Å². The zero-order valence-electron chi connectivity index (χ0n) is 18.7. The van der Waals surface area contributed by atoms with Crippen LogP contribution in [-0.2, 0) is 0 Å². The van der Waals surface area contributed by atoms with Gasteiger partial charge in [-0.05, 0) is 57.1 Å². The highest BCUT2D eigenvalue weighted by atomic mass is 19.1. The van der Waals surface area contributed by atoms with Gasteiger partial charge in [0.05, 0.1) is 40.8 Å². The topological polar surface area (TPSA) is 83.6 Å². The quantitative estimate of drug-likeness (QED) is 0.372. The van der Waals surface area contributed by atoms with Crippen molar-refractivity contribution < 1.29 is 4.39 Å². The summed E-state index contributed by atoms with van der Waals surface area (Å²) in [5.74, 6) is -0.0306. The van der Waals surface area contributed by atoms with E-state index in [1.165, 1.54) is 6.07 Å². The van der Waals surface area contributed by atoms with Crippen LogP contribution in [0.2, 0.25) is 0 Å². The molecule has 1 N–H and O–H groups in total. The molecule has 1 aliphatic rings. The number of anilines is 1. The van der Waals surface area contributed by atoms with Gasteiger partial charge >= 0.3 is 0 Å². The lowest BCUT2D eigenvalue weighted by Crippen LogP contribution is -2.27. The predicted octanol–water partition coefficient (Wildman–Crippen LogP) is 3.86. The normalized spacial score (nSPS) is 15.0. The van der Waals surface area contributed by atoms with Crippen LogP contribution in [0, 0.1) is 12.7 Å². The van der Waals surface area contributed by atoms with Crippen molar-refractivity contribution in [2.75, 3.05) is 25.0 Å². The third-order valence-electron chi connectivity index (χ3n) is 5.97. The van der Waals surface area contributed by atoms with Gasteiger partial charge < -0.3 is 10.2 Å². The van der Waals surface area contributed by atoms with E-state index in [9.17, 15) is 0 Å². The summed E-state index contributed by atoms with van der Waals surface area (Å²) in [5, 5.41) is 17.3. The van der Waals surface area contributed by atoms with Crippen LogP contribution in [0.1, 0.15) is 30.1 Å². The zero-order valence-corrected chi connectivity index (χ0v) is 18.7. The molecule has 9 heteroatoms. The molecule has 0 aliphatic carbocycles. The summed E-state index contributed by atoms with van der Waals surface area (Å²) in [6.45, 7) is 7.66. The molecule has 8 nitrogen and oxygen atoms in total. The number of fused-ring (bicyclic) bond motifs is 2. The standard InChI is InChI=1S/C24H25FN8/c1-4-32(14-26-3)23-12-21(31-33-13-15(2)28-24(23)33)17-9-19(25)18-11-20(29-30-22(18)10-17)16-5-7-27-8-6-16/h4,9-14,16,27H,1,5-8H2,2-3H3. The minimum absolute atomic E-state index is 0.309. The Balaban J connectivity index is 1.62. The van der Waals surface area contributed by atoms with Crippen LogP contribution in [0.3, 0.4) is 0 Å². The molecule has 0 spiro atoms. The number of imidazole rings is 1. The fourth-order valence-electron chi connectivity index (χ4n) is 4.32. The summed E-state index contributed by atoms with van der Waals surface area (Å²) < 4.78 is 17.0. The van der Waals surface area contributed by atoms with Crippen LogP contribution in [0.25, 0.3) is 27.8 Å². The van der Waals surface area contributed by atoms with Gasteiger partial charge in [-0.25, -0.2) is 13.9 Å². The van der Waals surface area contributed by atoms with Crippen molar-refractivity contribution in [3.05, 3.63) is 60.4 Å². The molecule has 0 unspecified atom stereocenters. The number of nitrogens with zero attached hydrogens (tertiary/aromatic N) is 7. The van der Waals surface area contributed by atoms with Crippen molar-refractivity contribution in [1.29, 1.82) is 0 Å². The molecule has 3 aromatic heterocycles. The highest BCUT2D eigenvalue weighted by Crippen LogP contribution is 2.31. The molecule has 5 rings (SSSR count). The first-order chi connectivity index (χ1) is 16.1. The van der Waals surface area contributed by atoms with Crippen molar-refractivity contribution in [3.63, 3.8) is 0 Å². The van der Waals surface area contributed by atoms with Gasteiger partial charge in [-0.15, -0.1) is 0 Å². The molecule has 1 saturated heterocycles. The minimum atomic E-state index is -0.339. The Bertz CT molecular complexity index is 1370. The Labute approximate surface area is 190 Å². The molecule has 0 bridgehead atoms. The van der Waals surface area contributed by atoms with Crippen molar-refractivity contribution >= 4 is 28.6 Å². The van der Waals surface area contributed by atoms with E-state index in [4.69, 9.17) is 0 Å². The minimum Gasteiger partial charge on any atom is -0.317 e. The van der Waals surface area contributed by atoms with Gasteiger partial charge in [0.1, 0.15) is 5.82 Å². The molecule has 1 fully saturated rings. The fourth-order valence-corrected chi connectivity index (χ4v) is 4.32. The third kappa shape index (κ3) is 3.95. The fraction of sp³-hybridized carbons (Fsp3) is 0.292. The smallest absolute Gasteiger partial charge is 0.178 e. The van der Waals surface area contributed by atoms with Gasteiger partial charge in [0, 0.05) is 30.1 Å². The highest BCUT2D eigenvalue weighted by Gasteiger charge is 2.19. The molecule has 4 aromatic rings. The molecular weight excluding hydrogens is 419 g/mol. The number of nitrogens with one attached hydrogen (secondary N) is 1. The van der Waals surface area contributed by atoms with Crippen LogP contribution in [0.5, 0.6) is 0 Å². The molecular formula is C24H25FN8. The summed E-state index contributed by atoms with van der Waals surface area (Å²) in [7, 11) is 1.68. The lowest BCUT2D eigenvalue weighted by atomic mass is 9.93. The average Bonchev–Trinajstić information content (AvgIpc) is 3.22. The number of aryl methyl sites for hydroxylation is 1. The molecule has 168 valence electrons. The zero-order chi connectivity index (χ0) is 22.9. The largest absolute Gasteiger partial charge is 0.317 e. The Morgan fingerprint density at radius 1 is 1.21 bits per heavy atom. The van der Waals surface area contributed by atoms with E-state index in [2.05, 4.69) is 37.2 Å². The second kappa shape index (κ2) is 8.67. The maximum atomic E-state index is 15.3. The van der Waals surface area contributed by atoms with Gasteiger partial charge in [0.25, 0.3) is 0 Å². The van der Waals surface area contributed by atoms with E-state index in [0.29, 0.717) is 33.7 Å². The van der Waals surface area contributed by atoms with Gasteiger partial charge in [-0.2, -0.15) is 15.3 Å². The van der Waals surface area contributed by atoms with E-state index in [1.54, 1.807) is 29.0 Å². The number of aliphatic imine (C=N–C) groups is 1. The van der Waals surface area contributed by atoms with Crippen molar-refractivity contribution in [3.8, 4) is 11.3 Å². The number of rotatable bonds is 5. The summed E-state index contributed by atoms with van der Waals surface area (Å²) >= 11 is 0. The van der Waals surface area contributed by atoms with E-state index >= 15 is 4.39 Å². The monoisotopic (exact) mass is 444 g/mol. The number of hydrogen-bond donors (Lipinski definition) is 1. The number of aromatic nitrogens is 5. The number of benzene rings is 1. The van der Waals surface area contributed by atoms with Crippen LogP contribution >= 0.6 is 0 Å². The van der Waals surface area contributed by atoms with Crippen LogP contribution in [0.4, 0.5) is 10.1 Å². The number of hydrogen-bond acceptors (Lipinski definition) is 6. The summed E-state index contributed by atoms with van der Waals surface area (Å²) in [6.07, 6.45) is 7.08. The molecule has 0 radical (unpaired) electrons. The van der Waals surface area contributed by atoms with Gasteiger partial charge in [-0.3, -0.25) is 4.99 Å². The first-order valence-electron chi connectivity index (χ1n) is 11.0. The SMILES string of the molecule is C=CN(C=NC)c1cc(-c2cc(F)c3cc(C4CCNCC4)nnc3c2)nn2cc(C)nc12. The summed E-state index contributed by atoms with van der Waals surface area (Å²) in [6, 6.07) is 7.02. The molecule has 0 amide bonds. The number of halogens is 1. The molecule has 1 aliphatic heterocycles. The lowest BCUT2D eigenvalue weighted by Gasteiger charge is -2.21. The maximum absolute atomic E-state index is 15.3. The maximum Gasteiger partial charge on any atom is 0.178 e. The molecule has 0 saturated carbocycles. The van der Waals surface area contributed by atoms with Crippen LogP contribution < -0.4 is 10.2 Å². The Kier molecular flexibility index (Phi) is 5.55. The summed E-state index contributed by atoms with van der Waals surface area (Å²) in [4.78, 5) is 10.4. The Hall–Kier alpha value is -3.72. The molecule has 4 heterocycles. The predicted molar refractivity (Wildman–Crippen MR) is 128 cm³/mol. The molecule has 33 heavy (non-hydrogen) atoms. The second-order valence-corrected chi connectivity index (χ2v) is 8.21. The summed E-state index contributed by atoms with van der Waals surface area (Å²) in [5.41, 5.74) is 4.76. The van der Waals surface area contributed by atoms with Crippen molar-refractivity contribution in [1.82, 2.24) is 30.1 Å². The third-order valence-corrected chi connectivity index (χ3v) is 5.97. The highest BCUT2D eigenvalue weighted by molar-refractivity contribution is 5.90. The lowest BCUT2D eigenvalue weighted by molar-refractivity contribution is 0.451. The first-order valence-corrected chi connectivity index (χ1v) is 11.0. The van der Waals surface area contributed by atoms with Crippen LogP contribution in [-0.4, -0.2) is 51.3 Å². The van der Waals surface area contributed by atoms with Gasteiger partial charge in [0.15, 0.2) is 5.65 Å². The average molecular weight is 445 g/mol. The molecule has 1 aromatic carbocycles.